The number of aryl methyl sites for hydroxylation is 2. The third-order valence-corrected chi connectivity index (χ3v) is 5.63. The Bertz CT molecular complexity index is 1350. The van der Waals surface area contributed by atoms with Gasteiger partial charge in [-0.25, -0.2) is 9.67 Å². The molecule has 1 aliphatic rings. The second-order valence-electron chi connectivity index (χ2n) is 7.99. The third-order valence-electron chi connectivity index (χ3n) is 5.63. The number of amides is 1. The fourth-order valence-electron chi connectivity index (χ4n) is 3.84. The molecule has 0 spiro atoms. The highest BCUT2D eigenvalue weighted by Gasteiger charge is 2.28. The summed E-state index contributed by atoms with van der Waals surface area (Å²) in [6, 6.07) is 7.46. The van der Waals surface area contributed by atoms with E-state index in [9.17, 15) is 9.59 Å². The highest BCUT2D eigenvalue weighted by molar-refractivity contribution is 6.05. The van der Waals surface area contributed by atoms with Gasteiger partial charge < -0.3 is 10.3 Å². The van der Waals surface area contributed by atoms with E-state index in [1.807, 2.05) is 38.1 Å². The van der Waals surface area contributed by atoms with Crippen LogP contribution in [-0.2, 0) is 6.54 Å². The van der Waals surface area contributed by atoms with E-state index in [0.717, 1.165) is 35.5 Å². The lowest BCUT2D eigenvalue weighted by atomic mass is 10.1. The molecule has 2 N–H and O–H groups in total. The van der Waals surface area contributed by atoms with Gasteiger partial charge in [0.15, 0.2) is 5.65 Å². The first-order valence-corrected chi connectivity index (χ1v) is 10.3. The van der Waals surface area contributed by atoms with E-state index in [0.29, 0.717) is 28.1 Å². The maximum Gasteiger partial charge on any atom is 0.253 e. The quantitative estimate of drug-likeness (QED) is 0.522. The van der Waals surface area contributed by atoms with Gasteiger partial charge in [0.2, 0.25) is 0 Å². The minimum Gasteiger partial charge on any atom is -0.348 e. The van der Waals surface area contributed by atoms with Crippen molar-refractivity contribution in [2.24, 2.45) is 0 Å². The van der Waals surface area contributed by atoms with Gasteiger partial charge in [0.1, 0.15) is 0 Å². The van der Waals surface area contributed by atoms with Gasteiger partial charge in [0, 0.05) is 41.8 Å². The Labute approximate surface area is 178 Å². The second kappa shape index (κ2) is 7.46. The van der Waals surface area contributed by atoms with E-state index in [-0.39, 0.29) is 18.0 Å². The molecule has 8 nitrogen and oxygen atoms in total. The van der Waals surface area contributed by atoms with Gasteiger partial charge in [-0.05, 0) is 56.5 Å². The van der Waals surface area contributed by atoms with Gasteiger partial charge in [0.05, 0.1) is 22.8 Å². The normalized spacial score (nSPS) is 13.5. The number of hydrogen-bond acceptors (Lipinski definition) is 5. The molecule has 4 aromatic rings. The van der Waals surface area contributed by atoms with Crippen LogP contribution >= 0.6 is 0 Å². The summed E-state index contributed by atoms with van der Waals surface area (Å²) in [5, 5.41) is 8.06. The first-order chi connectivity index (χ1) is 15.0. The Morgan fingerprint density at radius 2 is 2.00 bits per heavy atom. The molecule has 0 bridgehead atoms. The number of pyridine rings is 3. The Morgan fingerprint density at radius 1 is 1.23 bits per heavy atom. The first kappa shape index (κ1) is 19.2. The van der Waals surface area contributed by atoms with Crippen LogP contribution in [0.4, 0.5) is 0 Å². The van der Waals surface area contributed by atoms with Gasteiger partial charge in [-0.1, -0.05) is 0 Å². The molecule has 31 heavy (non-hydrogen) atoms. The molecule has 0 atom stereocenters. The molecule has 0 aliphatic heterocycles. The number of hydrogen-bond donors (Lipinski definition) is 2. The van der Waals surface area contributed by atoms with Crippen LogP contribution in [0, 0.1) is 13.8 Å². The summed E-state index contributed by atoms with van der Waals surface area (Å²) in [6.45, 7) is 3.87. The number of nitrogens with one attached hydrogen (secondary N) is 2. The molecular formula is C23H22N6O2. The predicted molar refractivity (Wildman–Crippen MR) is 116 cm³/mol. The summed E-state index contributed by atoms with van der Waals surface area (Å²) in [5.41, 5.74) is 4.92. The van der Waals surface area contributed by atoms with Gasteiger partial charge in [0.25, 0.3) is 11.5 Å². The van der Waals surface area contributed by atoms with Crippen molar-refractivity contribution in [3.63, 3.8) is 0 Å². The number of rotatable bonds is 5. The maximum atomic E-state index is 13.2. The van der Waals surface area contributed by atoms with Gasteiger partial charge in [-0.2, -0.15) is 5.10 Å². The van der Waals surface area contributed by atoms with E-state index in [1.165, 1.54) is 0 Å². The first-order valence-electron chi connectivity index (χ1n) is 10.3. The molecule has 1 amide bonds. The lowest BCUT2D eigenvalue weighted by molar-refractivity contribution is 0.0952. The molecule has 4 aromatic heterocycles. The average Bonchev–Trinajstić information content (AvgIpc) is 3.52. The Hall–Kier alpha value is -3.81. The summed E-state index contributed by atoms with van der Waals surface area (Å²) in [5.74, 6) is 0.127. The van der Waals surface area contributed by atoms with Gasteiger partial charge in [-0.3, -0.25) is 14.6 Å². The topological polar surface area (TPSA) is 106 Å². The molecule has 1 saturated carbocycles. The fraction of sp³-hybridized carbons (Fsp3) is 0.261. The number of H-pyrrole nitrogens is 1. The van der Waals surface area contributed by atoms with Crippen LogP contribution < -0.4 is 10.9 Å². The summed E-state index contributed by atoms with van der Waals surface area (Å²) in [6.07, 6.45) is 7.20. The van der Waals surface area contributed by atoms with Crippen molar-refractivity contribution in [2.75, 3.05) is 0 Å². The number of aromatic nitrogens is 5. The minimum absolute atomic E-state index is 0.154. The summed E-state index contributed by atoms with van der Waals surface area (Å²) >= 11 is 0. The number of nitrogens with zero attached hydrogens (tertiary/aromatic N) is 4. The van der Waals surface area contributed by atoms with Crippen LogP contribution in [0.1, 0.15) is 51.6 Å². The minimum atomic E-state index is -0.247. The van der Waals surface area contributed by atoms with Crippen molar-refractivity contribution in [3.8, 4) is 5.69 Å². The van der Waals surface area contributed by atoms with E-state index >= 15 is 0 Å². The van der Waals surface area contributed by atoms with Crippen molar-refractivity contribution in [1.82, 2.24) is 30.0 Å². The lowest BCUT2D eigenvalue weighted by Crippen LogP contribution is -2.28. The van der Waals surface area contributed by atoms with Crippen LogP contribution in [-0.4, -0.2) is 30.6 Å². The van der Waals surface area contributed by atoms with Crippen molar-refractivity contribution in [3.05, 3.63) is 81.3 Å². The van der Waals surface area contributed by atoms with Crippen LogP contribution in [0.2, 0.25) is 0 Å². The van der Waals surface area contributed by atoms with Crippen molar-refractivity contribution in [2.45, 2.75) is 39.2 Å². The summed E-state index contributed by atoms with van der Waals surface area (Å²) < 4.78 is 1.73. The smallest absolute Gasteiger partial charge is 0.253 e. The van der Waals surface area contributed by atoms with E-state index in [1.54, 1.807) is 23.3 Å². The molecule has 0 aromatic carbocycles. The molecule has 0 radical (unpaired) electrons. The standard InChI is InChI=1S/C23H22N6O2/c1-13-9-14(2)27-23(31)18(13)11-25-22(30)17-10-20(15-3-4-15)28-21-19(17)12-26-29(21)16-5-7-24-8-6-16/h5-10,12,15H,3-4,11H2,1-2H3,(H,25,30)(H,27,31). The average molecular weight is 414 g/mol. The van der Waals surface area contributed by atoms with E-state index < -0.39 is 0 Å². The van der Waals surface area contributed by atoms with Crippen molar-refractivity contribution in [1.29, 1.82) is 0 Å². The molecule has 0 saturated heterocycles. The summed E-state index contributed by atoms with van der Waals surface area (Å²) in [4.78, 5) is 37.1. The third kappa shape index (κ3) is 3.61. The van der Waals surface area contributed by atoms with Crippen LogP contribution in [0.15, 0.2) is 47.7 Å². The number of aromatic amines is 1. The fourth-order valence-corrected chi connectivity index (χ4v) is 3.84. The number of fused-ring (bicyclic) bond motifs is 1. The molecule has 5 rings (SSSR count). The number of carbonyl (C=O) groups excluding carboxylic acids is 1. The van der Waals surface area contributed by atoms with Crippen molar-refractivity contribution < 1.29 is 4.79 Å². The molecule has 156 valence electrons. The predicted octanol–water partition coefficient (Wildman–Crippen LogP) is 2.93. The molecule has 1 fully saturated rings. The van der Waals surface area contributed by atoms with E-state index in [4.69, 9.17) is 4.98 Å². The molecule has 4 heterocycles. The molecule has 1 aliphatic carbocycles. The Morgan fingerprint density at radius 3 is 2.71 bits per heavy atom. The zero-order valence-electron chi connectivity index (χ0n) is 17.3. The largest absolute Gasteiger partial charge is 0.348 e. The van der Waals surface area contributed by atoms with Gasteiger partial charge in [-0.15, -0.1) is 0 Å². The van der Waals surface area contributed by atoms with Crippen molar-refractivity contribution >= 4 is 16.9 Å². The maximum absolute atomic E-state index is 13.2. The Balaban J connectivity index is 1.52. The van der Waals surface area contributed by atoms with Crippen LogP contribution in [0.25, 0.3) is 16.7 Å². The highest BCUT2D eigenvalue weighted by Crippen LogP contribution is 2.40. The van der Waals surface area contributed by atoms with Crippen LogP contribution in [0.5, 0.6) is 0 Å². The Kier molecular flexibility index (Phi) is 4.62. The lowest BCUT2D eigenvalue weighted by Gasteiger charge is -2.10. The SMILES string of the molecule is Cc1cc(C)c(CNC(=O)c2cc(C3CC3)nc3c2cnn3-c2ccncc2)c(=O)[nH]1. The monoisotopic (exact) mass is 414 g/mol. The zero-order chi connectivity index (χ0) is 21.5. The highest BCUT2D eigenvalue weighted by atomic mass is 16.1. The second-order valence-corrected chi connectivity index (χ2v) is 7.99. The van der Waals surface area contributed by atoms with Crippen LogP contribution in [0.3, 0.4) is 0 Å². The number of carbonyl (C=O) groups is 1. The molecule has 8 heteroatoms. The zero-order valence-corrected chi connectivity index (χ0v) is 17.3. The molecular weight excluding hydrogens is 392 g/mol. The van der Waals surface area contributed by atoms with Gasteiger partial charge >= 0.3 is 0 Å². The van der Waals surface area contributed by atoms with E-state index in [2.05, 4.69) is 20.4 Å². The molecule has 0 unspecified atom stereocenters. The summed E-state index contributed by atoms with van der Waals surface area (Å²) in [7, 11) is 0.